The Hall–Kier alpha value is -3.01. The Morgan fingerprint density at radius 2 is 2.09 bits per heavy atom. The fourth-order valence-corrected chi connectivity index (χ4v) is 4.24. The largest absolute Gasteiger partial charge is 0.508 e. The maximum Gasteiger partial charge on any atom is 0.439 e. The van der Waals surface area contributed by atoms with Gasteiger partial charge in [-0.05, 0) is 55.6 Å². The van der Waals surface area contributed by atoms with Crippen LogP contribution >= 0.6 is 23.2 Å². The molecule has 0 saturated carbocycles. The fraction of sp³-hybridized carbons (Fsp3) is 0.286. The molecule has 168 valence electrons. The zero-order chi connectivity index (χ0) is 22.8. The highest BCUT2D eigenvalue weighted by Crippen LogP contribution is 2.46. The maximum atomic E-state index is 12.1. The van der Waals surface area contributed by atoms with Crippen molar-refractivity contribution in [2.24, 2.45) is 0 Å². The van der Waals surface area contributed by atoms with Gasteiger partial charge < -0.3 is 19.9 Å². The molecule has 1 aliphatic carbocycles. The van der Waals surface area contributed by atoms with E-state index in [0.717, 1.165) is 18.4 Å². The second-order valence-electron chi connectivity index (χ2n) is 7.08. The first-order chi connectivity index (χ1) is 15.4. The second kappa shape index (κ2) is 9.23. The van der Waals surface area contributed by atoms with Crippen LogP contribution in [0.5, 0.6) is 17.2 Å². The number of fused-ring (bicyclic) bond motifs is 1. The van der Waals surface area contributed by atoms with Crippen molar-refractivity contribution in [2.45, 2.75) is 32.3 Å². The topological polar surface area (TPSA) is 127 Å². The molecule has 1 aliphatic rings. The molecule has 0 bridgehead atoms. The van der Waals surface area contributed by atoms with E-state index in [2.05, 4.69) is 20.0 Å². The number of anilines is 1. The van der Waals surface area contributed by atoms with Crippen LogP contribution in [0.1, 0.15) is 47.6 Å². The van der Waals surface area contributed by atoms with E-state index in [0.29, 0.717) is 24.3 Å². The van der Waals surface area contributed by atoms with E-state index in [1.807, 2.05) is 6.92 Å². The van der Waals surface area contributed by atoms with Crippen LogP contribution in [-0.4, -0.2) is 27.8 Å². The predicted molar refractivity (Wildman–Crippen MR) is 117 cm³/mol. The van der Waals surface area contributed by atoms with Gasteiger partial charge in [-0.2, -0.15) is 0 Å². The molecule has 0 fully saturated rings. The van der Waals surface area contributed by atoms with Crippen LogP contribution in [-0.2, 0) is 11.2 Å². The number of carbonyl (C=O) groups excluding carboxylic acids is 1. The number of H-pyrrole nitrogens is 1. The molecular formula is C21H19Cl2N3O6. The first-order valence-electron chi connectivity index (χ1n) is 9.88. The van der Waals surface area contributed by atoms with E-state index < -0.39 is 11.7 Å². The number of ether oxygens (including phenoxy) is 2. The second-order valence-corrected chi connectivity index (χ2v) is 7.89. The molecule has 3 N–H and O–H groups in total. The third-order valence-electron chi connectivity index (χ3n) is 5.00. The highest BCUT2D eigenvalue weighted by atomic mass is 35.5. The first kappa shape index (κ1) is 22.2. The summed E-state index contributed by atoms with van der Waals surface area (Å²) in [6.45, 7) is 2.44. The summed E-state index contributed by atoms with van der Waals surface area (Å²) in [6.07, 6.45) is 2.19. The summed E-state index contributed by atoms with van der Waals surface area (Å²) in [5.74, 6) is -0.964. The minimum Gasteiger partial charge on any atom is -0.508 e. The lowest BCUT2D eigenvalue weighted by Crippen LogP contribution is -2.15. The standard InChI is InChI=1S/C21H19Cl2N3O6/c1-2-30-16-5-3-4-11-15(7-6-14(27)17(11)16)31-18-12(22)8-10(9-13(18)23)24-20(28)19-25-21(29)32-26-19/h6-9,16,27H,2-5H2,1H3,(H,24,28)(H,25,26,29)/t16-/m1/s1. The van der Waals surface area contributed by atoms with Crippen LogP contribution in [0.15, 0.2) is 33.6 Å². The molecule has 0 radical (unpaired) electrons. The number of carbonyl (C=O) groups is 1. The number of aromatic nitrogens is 2. The highest BCUT2D eigenvalue weighted by Gasteiger charge is 2.27. The van der Waals surface area contributed by atoms with Crippen molar-refractivity contribution in [1.29, 1.82) is 0 Å². The molecule has 0 saturated heterocycles. The Morgan fingerprint density at radius 1 is 1.34 bits per heavy atom. The maximum absolute atomic E-state index is 12.1. The van der Waals surface area contributed by atoms with Gasteiger partial charge in [0, 0.05) is 23.4 Å². The van der Waals surface area contributed by atoms with Crippen LogP contribution in [0, 0.1) is 0 Å². The monoisotopic (exact) mass is 479 g/mol. The normalized spacial score (nSPS) is 15.3. The molecular weight excluding hydrogens is 461 g/mol. The number of nitrogens with zero attached hydrogens (tertiary/aromatic N) is 1. The molecule has 32 heavy (non-hydrogen) atoms. The SMILES string of the molecule is CCO[C@@H]1CCCc2c(Oc3c(Cl)cc(NC(=O)c4noc(=O)[nH]4)cc3Cl)ccc(O)c21. The molecule has 2 aromatic carbocycles. The van der Waals surface area contributed by atoms with Crippen LogP contribution in [0.25, 0.3) is 0 Å². The summed E-state index contributed by atoms with van der Waals surface area (Å²) in [6, 6.07) is 6.12. The molecule has 1 heterocycles. The van der Waals surface area contributed by atoms with Crippen molar-refractivity contribution in [3.05, 3.63) is 61.8 Å². The summed E-state index contributed by atoms with van der Waals surface area (Å²) < 4.78 is 16.2. The molecule has 0 aliphatic heterocycles. The molecule has 1 atom stereocenters. The smallest absolute Gasteiger partial charge is 0.439 e. The van der Waals surface area contributed by atoms with Crippen molar-refractivity contribution in [3.63, 3.8) is 0 Å². The summed E-state index contributed by atoms with van der Waals surface area (Å²) in [7, 11) is 0. The number of halogens is 2. The lowest BCUT2D eigenvalue weighted by Gasteiger charge is -2.28. The predicted octanol–water partition coefficient (Wildman–Crippen LogP) is 4.83. The van der Waals surface area contributed by atoms with Gasteiger partial charge in [0.05, 0.1) is 16.1 Å². The molecule has 4 rings (SSSR count). The van der Waals surface area contributed by atoms with E-state index in [9.17, 15) is 14.7 Å². The molecule has 3 aromatic rings. The summed E-state index contributed by atoms with van der Waals surface area (Å²) in [5, 5.41) is 16.6. The van der Waals surface area contributed by atoms with Crippen LogP contribution in [0.2, 0.25) is 10.0 Å². The Morgan fingerprint density at radius 3 is 2.75 bits per heavy atom. The average molecular weight is 480 g/mol. The van der Waals surface area contributed by atoms with Gasteiger partial charge >= 0.3 is 5.76 Å². The number of hydrogen-bond acceptors (Lipinski definition) is 7. The third-order valence-corrected chi connectivity index (χ3v) is 5.56. The number of amides is 1. The van der Waals surface area contributed by atoms with Crippen molar-refractivity contribution < 1.29 is 23.9 Å². The van der Waals surface area contributed by atoms with Gasteiger partial charge in [0.2, 0.25) is 5.82 Å². The number of benzene rings is 2. The van der Waals surface area contributed by atoms with Crippen molar-refractivity contribution >= 4 is 34.8 Å². The van der Waals surface area contributed by atoms with Gasteiger partial charge in [0.15, 0.2) is 5.75 Å². The number of rotatable bonds is 6. The highest BCUT2D eigenvalue weighted by molar-refractivity contribution is 6.37. The Labute approximate surface area is 192 Å². The third kappa shape index (κ3) is 4.45. The number of hydrogen-bond donors (Lipinski definition) is 3. The molecule has 1 aromatic heterocycles. The van der Waals surface area contributed by atoms with Crippen molar-refractivity contribution in [3.8, 4) is 17.2 Å². The summed E-state index contributed by atoms with van der Waals surface area (Å²) >= 11 is 12.8. The van der Waals surface area contributed by atoms with Gasteiger partial charge in [-0.15, -0.1) is 0 Å². The van der Waals surface area contributed by atoms with Gasteiger partial charge in [0.1, 0.15) is 11.5 Å². The van der Waals surface area contributed by atoms with Gasteiger partial charge in [-0.1, -0.05) is 23.2 Å². The van der Waals surface area contributed by atoms with Crippen LogP contribution in [0.4, 0.5) is 5.69 Å². The molecule has 0 spiro atoms. The van der Waals surface area contributed by atoms with E-state index >= 15 is 0 Å². The first-order valence-corrected chi connectivity index (χ1v) is 10.6. The van der Waals surface area contributed by atoms with E-state index in [1.54, 1.807) is 12.1 Å². The van der Waals surface area contributed by atoms with E-state index in [-0.39, 0.29) is 39.2 Å². The molecule has 9 nitrogen and oxygen atoms in total. The lowest BCUT2D eigenvalue weighted by atomic mass is 9.88. The average Bonchev–Trinajstić information content (AvgIpc) is 3.19. The van der Waals surface area contributed by atoms with Crippen molar-refractivity contribution in [1.82, 2.24) is 10.1 Å². The quantitative estimate of drug-likeness (QED) is 0.461. The van der Waals surface area contributed by atoms with E-state index in [4.69, 9.17) is 32.7 Å². The fourth-order valence-electron chi connectivity index (χ4n) is 3.68. The number of aromatic hydroxyl groups is 1. The van der Waals surface area contributed by atoms with Gasteiger partial charge in [-0.3, -0.25) is 14.3 Å². The molecule has 1 amide bonds. The van der Waals surface area contributed by atoms with Gasteiger partial charge in [-0.25, -0.2) is 4.79 Å². The zero-order valence-electron chi connectivity index (χ0n) is 16.9. The molecule has 0 unspecified atom stereocenters. The molecule has 11 heteroatoms. The number of nitrogens with one attached hydrogen (secondary N) is 2. The summed E-state index contributed by atoms with van der Waals surface area (Å²) in [5.41, 5.74) is 1.83. The van der Waals surface area contributed by atoms with Crippen LogP contribution in [0.3, 0.4) is 0 Å². The van der Waals surface area contributed by atoms with E-state index in [1.165, 1.54) is 12.1 Å². The van der Waals surface area contributed by atoms with Crippen molar-refractivity contribution in [2.75, 3.05) is 11.9 Å². The van der Waals surface area contributed by atoms with Crippen LogP contribution < -0.4 is 15.8 Å². The van der Waals surface area contributed by atoms with Gasteiger partial charge in [0.25, 0.3) is 5.91 Å². The number of aromatic amines is 1. The minimum atomic E-state index is -0.848. The number of phenols is 1. The number of phenolic OH excluding ortho intramolecular Hbond substituents is 1. The Bertz CT molecular complexity index is 1200. The minimum absolute atomic E-state index is 0.153. The summed E-state index contributed by atoms with van der Waals surface area (Å²) in [4.78, 5) is 25.3. The zero-order valence-corrected chi connectivity index (χ0v) is 18.4. The Balaban J connectivity index is 1.61. The Kier molecular flexibility index (Phi) is 6.40. The lowest BCUT2D eigenvalue weighted by molar-refractivity contribution is 0.0479.